The zero-order valence-corrected chi connectivity index (χ0v) is 27.7. The summed E-state index contributed by atoms with van der Waals surface area (Å²) in [6, 6.07) is 13.0. The first-order chi connectivity index (χ1) is 22.0. The summed E-state index contributed by atoms with van der Waals surface area (Å²) in [5, 5.41) is 2.81. The molecule has 0 radical (unpaired) electrons. The number of hydrogen-bond donors (Lipinski definition) is 2. The molecule has 2 unspecified atom stereocenters. The molecule has 8 heteroatoms. The Labute approximate surface area is 277 Å². The molecule has 1 aromatic carbocycles. The molecule has 6 nitrogen and oxygen atoms in total. The van der Waals surface area contributed by atoms with Crippen LogP contribution in [0.4, 0.5) is 0 Å². The Bertz CT molecular complexity index is 1590. The van der Waals surface area contributed by atoms with E-state index in [1.165, 1.54) is 33.6 Å². The third kappa shape index (κ3) is 8.43. The maximum Gasteiger partial charge on any atom is 0.250 e. The Morgan fingerprint density at radius 3 is 2.87 bits per heavy atom. The number of alkyl halides is 1. The van der Waals surface area contributed by atoms with Crippen molar-refractivity contribution in [3.05, 3.63) is 123 Å². The van der Waals surface area contributed by atoms with Crippen LogP contribution in [0.25, 0.3) is 0 Å². The SMILES string of the molecule is CC/C=C\Cc1c(CN(Cc2cccc(CNC(=O)/C3=C(\Cl)CC=NC=CC3Cl)c2)C2CCCc3cccnc32)c[nH]c1CC. The van der Waals surface area contributed by atoms with Gasteiger partial charge in [0.05, 0.1) is 22.7 Å². The zero-order chi connectivity index (χ0) is 31.6. The molecule has 0 bridgehead atoms. The Kier molecular flexibility index (Phi) is 11.9. The molecular weight excluding hydrogens is 601 g/mol. The summed E-state index contributed by atoms with van der Waals surface area (Å²) in [4.78, 5) is 28.3. The van der Waals surface area contributed by atoms with Gasteiger partial charge in [0, 0.05) is 61.6 Å². The summed E-state index contributed by atoms with van der Waals surface area (Å²) >= 11 is 12.9. The van der Waals surface area contributed by atoms with E-state index in [-0.39, 0.29) is 11.9 Å². The first-order valence-electron chi connectivity index (χ1n) is 16.1. The molecule has 5 rings (SSSR count). The van der Waals surface area contributed by atoms with Crippen LogP contribution in [0.15, 0.2) is 88.8 Å². The molecule has 2 aliphatic rings. The number of fused-ring (bicyclic) bond motifs is 1. The summed E-state index contributed by atoms with van der Waals surface area (Å²) in [5.74, 6) is -0.263. The molecule has 1 aliphatic heterocycles. The minimum Gasteiger partial charge on any atom is -0.364 e. The number of rotatable bonds is 12. The third-order valence-corrected chi connectivity index (χ3v) is 9.31. The number of aliphatic imine (C=N–C) groups is 1. The molecule has 0 saturated carbocycles. The number of carbonyl (C=O) groups excluding carboxylic acids is 1. The van der Waals surface area contributed by atoms with Crippen molar-refractivity contribution in [2.24, 2.45) is 4.99 Å². The lowest BCUT2D eigenvalue weighted by Crippen LogP contribution is -2.32. The van der Waals surface area contributed by atoms with E-state index in [0.29, 0.717) is 23.6 Å². The number of pyridine rings is 1. The van der Waals surface area contributed by atoms with Gasteiger partial charge in [-0.3, -0.25) is 19.7 Å². The van der Waals surface area contributed by atoms with Crippen LogP contribution in [-0.4, -0.2) is 32.4 Å². The molecule has 2 N–H and O–H groups in total. The van der Waals surface area contributed by atoms with Crippen molar-refractivity contribution in [3.63, 3.8) is 0 Å². The van der Waals surface area contributed by atoms with Gasteiger partial charge in [0.2, 0.25) is 5.91 Å². The van der Waals surface area contributed by atoms with Crippen LogP contribution in [0.2, 0.25) is 0 Å². The van der Waals surface area contributed by atoms with Gasteiger partial charge in [0.15, 0.2) is 0 Å². The number of benzene rings is 1. The number of hydrogen-bond acceptors (Lipinski definition) is 4. The summed E-state index contributed by atoms with van der Waals surface area (Å²) in [7, 11) is 0. The molecule has 45 heavy (non-hydrogen) atoms. The first kappa shape index (κ1) is 32.9. The van der Waals surface area contributed by atoms with Gasteiger partial charge in [0.1, 0.15) is 0 Å². The number of halogens is 2. The van der Waals surface area contributed by atoms with Crippen LogP contribution in [-0.2, 0) is 43.7 Å². The van der Waals surface area contributed by atoms with Gasteiger partial charge in [-0.2, -0.15) is 0 Å². The van der Waals surface area contributed by atoms with E-state index < -0.39 is 5.38 Å². The summed E-state index contributed by atoms with van der Waals surface area (Å²) in [6.07, 6.45) is 20.2. The molecule has 0 fully saturated rings. The van der Waals surface area contributed by atoms with Crippen molar-refractivity contribution in [3.8, 4) is 0 Å². The number of aromatic nitrogens is 2. The lowest BCUT2D eigenvalue weighted by atomic mass is 9.90. The largest absolute Gasteiger partial charge is 0.364 e. The monoisotopic (exact) mass is 643 g/mol. The van der Waals surface area contributed by atoms with Crippen molar-refractivity contribution in [2.75, 3.05) is 0 Å². The van der Waals surface area contributed by atoms with Crippen molar-refractivity contribution >= 4 is 35.3 Å². The van der Waals surface area contributed by atoms with Crippen LogP contribution in [0.5, 0.6) is 0 Å². The molecule has 0 saturated heterocycles. The molecule has 2 aromatic heterocycles. The van der Waals surface area contributed by atoms with Crippen LogP contribution >= 0.6 is 23.2 Å². The second-order valence-electron chi connectivity index (χ2n) is 11.7. The maximum atomic E-state index is 13.2. The highest BCUT2D eigenvalue weighted by Gasteiger charge is 2.28. The number of nitrogens with zero attached hydrogens (tertiary/aromatic N) is 3. The van der Waals surface area contributed by atoms with Crippen molar-refractivity contribution < 1.29 is 4.79 Å². The van der Waals surface area contributed by atoms with E-state index in [9.17, 15) is 4.79 Å². The Morgan fingerprint density at radius 2 is 2.02 bits per heavy atom. The topological polar surface area (TPSA) is 73.4 Å². The Balaban J connectivity index is 1.38. The third-order valence-electron chi connectivity index (χ3n) is 8.59. The van der Waals surface area contributed by atoms with Gasteiger partial charge < -0.3 is 10.3 Å². The first-order valence-corrected chi connectivity index (χ1v) is 16.9. The predicted octanol–water partition coefficient (Wildman–Crippen LogP) is 8.27. The van der Waals surface area contributed by atoms with Gasteiger partial charge in [-0.25, -0.2) is 0 Å². The zero-order valence-electron chi connectivity index (χ0n) is 26.2. The van der Waals surface area contributed by atoms with Crippen LogP contribution in [0.3, 0.4) is 0 Å². The molecule has 2 atom stereocenters. The standard InChI is InChI=1S/C37H43Cl2N5O/c1-3-5-6-14-30-29(23-42-33(30)4-2)25-44(34-15-8-12-28-13-9-18-41-36(28)34)24-27-11-7-10-26(21-27)22-43-37(45)35-31(38)16-19-40-20-17-32(35)39/h5-7,9-11,13,16,18-21,23,31,34,42H,3-4,8,12,14-15,17,22,24-25H2,1-2H3,(H,43,45)/b6-5-,19-16?,35-32-,40-20?. The van der Waals surface area contributed by atoms with E-state index in [2.05, 4.69) is 82.7 Å². The smallest absolute Gasteiger partial charge is 0.250 e. The minimum absolute atomic E-state index is 0.225. The normalized spacial score (nSPS) is 19.9. The van der Waals surface area contributed by atoms with E-state index in [0.717, 1.165) is 57.2 Å². The maximum absolute atomic E-state index is 13.2. The summed E-state index contributed by atoms with van der Waals surface area (Å²) in [5.41, 5.74) is 9.20. The summed E-state index contributed by atoms with van der Waals surface area (Å²) < 4.78 is 0. The van der Waals surface area contributed by atoms with Crippen LogP contribution in [0.1, 0.15) is 84.8 Å². The number of H-pyrrole nitrogens is 1. The highest BCUT2D eigenvalue weighted by Crippen LogP contribution is 2.35. The second kappa shape index (κ2) is 16.2. The van der Waals surface area contributed by atoms with Crippen molar-refractivity contribution in [2.45, 2.75) is 89.8 Å². The number of aryl methyl sites for hydroxylation is 2. The molecule has 1 aliphatic carbocycles. The van der Waals surface area contributed by atoms with Crippen LogP contribution in [0, 0.1) is 0 Å². The van der Waals surface area contributed by atoms with Crippen LogP contribution < -0.4 is 5.32 Å². The van der Waals surface area contributed by atoms with E-state index >= 15 is 0 Å². The van der Waals surface area contributed by atoms with E-state index in [4.69, 9.17) is 28.2 Å². The highest BCUT2D eigenvalue weighted by molar-refractivity contribution is 6.35. The van der Waals surface area contributed by atoms with Gasteiger partial charge >= 0.3 is 0 Å². The van der Waals surface area contributed by atoms with Crippen molar-refractivity contribution in [1.82, 2.24) is 20.2 Å². The van der Waals surface area contributed by atoms with Gasteiger partial charge in [-0.05, 0) is 78.5 Å². The predicted molar refractivity (Wildman–Crippen MR) is 186 cm³/mol. The fourth-order valence-electron chi connectivity index (χ4n) is 6.33. The Hall–Kier alpha value is -3.45. The average Bonchev–Trinajstić information content (AvgIpc) is 3.43. The fourth-order valence-corrected chi connectivity index (χ4v) is 6.95. The molecule has 1 amide bonds. The molecule has 0 spiro atoms. The molecule has 3 aromatic rings. The molecular formula is C37H43Cl2N5O. The lowest BCUT2D eigenvalue weighted by Gasteiger charge is -2.35. The van der Waals surface area contributed by atoms with Gasteiger partial charge in [-0.1, -0.05) is 67.9 Å². The number of aromatic amines is 1. The fraction of sp³-hybridized carbons (Fsp3) is 0.378. The van der Waals surface area contributed by atoms with Crippen molar-refractivity contribution in [1.29, 1.82) is 0 Å². The number of allylic oxidation sites excluding steroid dienone is 4. The number of nitrogens with one attached hydrogen (secondary N) is 2. The quantitative estimate of drug-likeness (QED) is 0.154. The summed E-state index contributed by atoms with van der Waals surface area (Å²) in [6.45, 7) is 6.36. The molecule has 236 valence electrons. The van der Waals surface area contributed by atoms with Gasteiger partial charge in [-0.15, -0.1) is 11.6 Å². The number of carbonyl (C=O) groups is 1. The lowest BCUT2D eigenvalue weighted by molar-refractivity contribution is -0.117. The van der Waals surface area contributed by atoms with E-state index in [1.54, 1.807) is 18.5 Å². The molecule has 3 heterocycles. The average molecular weight is 645 g/mol. The second-order valence-corrected chi connectivity index (χ2v) is 12.6. The minimum atomic E-state index is -0.633. The van der Waals surface area contributed by atoms with E-state index in [1.807, 2.05) is 12.3 Å². The number of amides is 1. The highest BCUT2D eigenvalue weighted by atomic mass is 35.5. The van der Waals surface area contributed by atoms with Gasteiger partial charge in [0.25, 0.3) is 0 Å². The Morgan fingerprint density at radius 1 is 1.16 bits per heavy atom.